The number of hydrogen-bond donors (Lipinski definition) is 1. The number of halogens is 1. The van der Waals surface area contributed by atoms with E-state index in [2.05, 4.69) is 14.9 Å². The Labute approximate surface area is 124 Å². The summed E-state index contributed by atoms with van der Waals surface area (Å²) in [4.78, 5) is 4.50. The minimum Gasteiger partial charge on any atom is -0.385 e. The number of imidazole rings is 1. The molecule has 0 unspecified atom stereocenters. The van der Waals surface area contributed by atoms with Crippen molar-refractivity contribution in [1.82, 2.24) is 9.55 Å². The minimum atomic E-state index is 0.703. The van der Waals surface area contributed by atoms with Crippen molar-refractivity contribution in [3.63, 3.8) is 0 Å². The number of aryl methyl sites for hydroxylation is 3. The van der Waals surface area contributed by atoms with Crippen LogP contribution in [0, 0.1) is 13.8 Å². The number of nitrogens with one attached hydrogen (secondary N) is 1. The molecule has 20 heavy (non-hydrogen) atoms. The Hall–Kier alpha value is -1.52. The molecule has 2 rings (SSSR count). The van der Waals surface area contributed by atoms with Crippen LogP contribution in [0.15, 0.2) is 24.4 Å². The molecule has 0 spiro atoms. The lowest BCUT2D eigenvalue weighted by Gasteiger charge is -2.11. The second kappa shape index (κ2) is 6.77. The highest BCUT2D eigenvalue weighted by molar-refractivity contribution is 6.33. The van der Waals surface area contributed by atoms with E-state index in [-0.39, 0.29) is 0 Å². The van der Waals surface area contributed by atoms with Crippen LogP contribution >= 0.6 is 11.6 Å². The molecule has 0 radical (unpaired) electrons. The summed E-state index contributed by atoms with van der Waals surface area (Å²) >= 11 is 6.25. The van der Waals surface area contributed by atoms with Gasteiger partial charge < -0.3 is 14.6 Å². The molecule has 0 aliphatic rings. The molecule has 1 aromatic heterocycles. The molecule has 2 aromatic rings. The van der Waals surface area contributed by atoms with Crippen LogP contribution in [-0.4, -0.2) is 23.3 Å². The van der Waals surface area contributed by atoms with Crippen molar-refractivity contribution in [2.75, 3.05) is 19.0 Å². The SMILES string of the molecule is COCCCn1cc(C)nc1Nc1ccc(C)cc1Cl. The van der Waals surface area contributed by atoms with E-state index in [0.29, 0.717) is 5.02 Å². The lowest BCUT2D eigenvalue weighted by Crippen LogP contribution is -2.05. The average Bonchev–Trinajstić information content (AvgIpc) is 2.73. The molecule has 0 aliphatic heterocycles. The van der Waals surface area contributed by atoms with E-state index in [4.69, 9.17) is 16.3 Å². The fourth-order valence-electron chi connectivity index (χ4n) is 2.04. The Morgan fingerprint density at radius 2 is 2.15 bits per heavy atom. The van der Waals surface area contributed by atoms with Gasteiger partial charge in [0.15, 0.2) is 0 Å². The van der Waals surface area contributed by atoms with Crippen LogP contribution < -0.4 is 5.32 Å². The Kier molecular flexibility index (Phi) is 5.04. The molecule has 0 bridgehead atoms. The van der Waals surface area contributed by atoms with Gasteiger partial charge in [0, 0.05) is 26.5 Å². The number of rotatable bonds is 6. The van der Waals surface area contributed by atoms with Crippen LogP contribution in [0.3, 0.4) is 0 Å². The maximum Gasteiger partial charge on any atom is 0.207 e. The highest BCUT2D eigenvalue weighted by Crippen LogP contribution is 2.26. The van der Waals surface area contributed by atoms with Gasteiger partial charge in [0.2, 0.25) is 5.95 Å². The fourth-order valence-corrected chi connectivity index (χ4v) is 2.32. The summed E-state index contributed by atoms with van der Waals surface area (Å²) in [5.41, 5.74) is 2.99. The van der Waals surface area contributed by atoms with Gasteiger partial charge in [-0.15, -0.1) is 0 Å². The van der Waals surface area contributed by atoms with E-state index in [1.165, 1.54) is 0 Å². The Bertz CT molecular complexity index is 580. The molecule has 108 valence electrons. The molecule has 0 saturated carbocycles. The van der Waals surface area contributed by atoms with E-state index in [1.54, 1.807) is 7.11 Å². The Balaban J connectivity index is 2.15. The molecule has 1 N–H and O–H groups in total. The number of aromatic nitrogens is 2. The first-order valence-electron chi connectivity index (χ1n) is 6.66. The van der Waals surface area contributed by atoms with Gasteiger partial charge in [-0.25, -0.2) is 4.98 Å². The van der Waals surface area contributed by atoms with Crippen molar-refractivity contribution in [3.8, 4) is 0 Å². The molecular formula is C15H20ClN3O. The maximum absolute atomic E-state index is 6.25. The predicted octanol–water partition coefficient (Wildman–Crippen LogP) is 3.93. The fraction of sp³-hybridized carbons (Fsp3) is 0.400. The third-order valence-electron chi connectivity index (χ3n) is 3.02. The first kappa shape index (κ1) is 14.9. The second-order valence-electron chi connectivity index (χ2n) is 4.85. The molecule has 0 aliphatic carbocycles. The van der Waals surface area contributed by atoms with Crippen molar-refractivity contribution in [1.29, 1.82) is 0 Å². The standard InChI is InChI=1S/C15H20ClN3O/c1-11-5-6-14(13(16)9-11)18-15-17-12(2)10-19(15)7-4-8-20-3/h5-6,9-10H,4,7-8H2,1-3H3,(H,17,18). The smallest absolute Gasteiger partial charge is 0.207 e. The predicted molar refractivity (Wildman–Crippen MR) is 82.9 cm³/mol. The summed E-state index contributed by atoms with van der Waals surface area (Å²) in [7, 11) is 1.71. The number of hydrogen-bond acceptors (Lipinski definition) is 3. The summed E-state index contributed by atoms with van der Waals surface area (Å²) < 4.78 is 7.17. The van der Waals surface area contributed by atoms with Gasteiger partial charge in [-0.3, -0.25) is 0 Å². The number of benzene rings is 1. The van der Waals surface area contributed by atoms with Crippen molar-refractivity contribution in [2.24, 2.45) is 0 Å². The normalized spacial score (nSPS) is 10.8. The van der Waals surface area contributed by atoms with E-state index >= 15 is 0 Å². The summed E-state index contributed by atoms with van der Waals surface area (Å²) in [6.07, 6.45) is 2.97. The topological polar surface area (TPSA) is 39.1 Å². The van der Waals surface area contributed by atoms with E-state index in [9.17, 15) is 0 Å². The van der Waals surface area contributed by atoms with Gasteiger partial charge in [0.05, 0.1) is 16.4 Å². The Morgan fingerprint density at radius 1 is 1.35 bits per heavy atom. The summed E-state index contributed by atoms with van der Waals surface area (Å²) in [6.45, 7) is 5.60. The average molecular weight is 294 g/mol. The molecule has 0 fully saturated rings. The number of ether oxygens (including phenoxy) is 1. The van der Waals surface area contributed by atoms with Crippen LogP contribution in [0.25, 0.3) is 0 Å². The molecule has 1 heterocycles. The van der Waals surface area contributed by atoms with Gasteiger partial charge >= 0.3 is 0 Å². The molecular weight excluding hydrogens is 274 g/mol. The van der Waals surface area contributed by atoms with Gasteiger partial charge in [0.25, 0.3) is 0 Å². The van der Waals surface area contributed by atoms with E-state index < -0.39 is 0 Å². The zero-order chi connectivity index (χ0) is 14.5. The number of nitrogens with zero attached hydrogens (tertiary/aromatic N) is 2. The molecule has 1 aromatic carbocycles. The van der Waals surface area contributed by atoms with Gasteiger partial charge in [-0.2, -0.15) is 0 Å². The second-order valence-corrected chi connectivity index (χ2v) is 5.26. The third-order valence-corrected chi connectivity index (χ3v) is 3.33. The quantitative estimate of drug-likeness (QED) is 0.820. The summed E-state index contributed by atoms with van der Waals surface area (Å²) in [5.74, 6) is 0.810. The highest BCUT2D eigenvalue weighted by Gasteiger charge is 2.08. The maximum atomic E-state index is 6.25. The minimum absolute atomic E-state index is 0.703. The molecule has 5 heteroatoms. The molecule has 0 saturated heterocycles. The summed E-state index contributed by atoms with van der Waals surface area (Å²) in [6, 6.07) is 5.94. The lowest BCUT2D eigenvalue weighted by molar-refractivity contribution is 0.190. The van der Waals surface area contributed by atoms with E-state index in [0.717, 1.165) is 42.5 Å². The third kappa shape index (κ3) is 3.74. The van der Waals surface area contributed by atoms with Crippen LogP contribution in [0.2, 0.25) is 5.02 Å². The number of anilines is 2. The van der Waals surface area contributed by atoms with Crippen LogP contribution in [-0.2, 0) is 11.3 Å². The van der Waals surface area contributed by atoms with Crippen LogP contribution in [0.4, 0.5) is 11.6 Å². The molecule has 0 amide bonds. The largest absolute Gasteiger partial charge is 0.385 e. The van der Waals surface area contributed by atoms with Crippen molar-refractivity contribution >= 4 is 23.2 Å². The van der Waals surface area contributed by atoms with Gasteiger partial charge in [0.1, 0.15) is 0 Å². The van der Waals surface area contributed by atoms with Crippen LogP contribution in [0.5, 0.6) is 0 Å². The van der Waals surface area contributed by atoms with Crippen molar-refractivity contribution in [2.45, 2.75) is 26.8 Å². The van der Waals surface area contributed by atoms with Crippen molar-refractivity contribution in [3.05, 3.63) is 40.7 Å². The zero-order valence-corrected chi connectivity index (χ0v) is 12.9. The Morgan fingerprint density at radius 3 is 2.85 bits per heavy atom. The first-order valence-corrected chi connectivity index (χ1v) is 7.04. The van der Waals surface area contributed by atoms with Gasteiger partial charge in [-0.05, 0) is 38.0 Å². The monoisotopic (exact) mass is 293 g/mol. The number of methoxy groups -OCH3 is 1. The van der Waals surface area contributed by atoms with Gasteiger partial charge in [-0.1, -0.05) is 17.7 Å². The van der Waals surface area contributed by atoms with Crippen molar-refractivity contribution < 1.29 is 4.74 Å². The molecule has 4 nitrogen and oxygen atoms in total. The molecule has 0 atom stereocenters. The first-order chi connectivity index (χ1) is 9.60. The van der Waals surface area contributed by atoms with E-state index in [1.807, 2.05) is 38.2 Å². The highest BCUT2D eigenvalue weighted by atomic mass is 35.5. The van der Waals surface area contributed by atoms with Crippen LogP contribution in [0.1, 0.15) is 17.7 Å². The summed E-state index contributed by atoms with van der Waals surface area (Å²) in [5, 5.41) is 4.00. The lowest BCUT2D eigenvalue weighted by atomic mass is 10.2. The zero-order valence-electron chi connectivity index (χ0n) is 12.1.